The second kappa shape index (κ2) is 10.8. The van der Waals surface area contributed by atoms with Crippen molar-refractivity contribution < 1.29 is 14.6 Å². The van der Waals surface area contributed by atoms with Gasteiger partial charge in [-0.15, -0.1) is 0 Å². The SMILES string of the molecule is CC(C)CN(C)c1ccc(-c2ccc(C(=O)NS(=O)(=O)c3cccc(N)n3)c(N3CC(C)CC3(C)C)n2)cn1.[HH]. The Morgan fingerprint density at radius 1 is 1.21 bits per heavy atom. The predicted octanol–water partition coefficient (Wildman–Crippen LogP) is 4.20. The lowest BCUT2D eigenvalue weighted by molar-refractivity contribution is 0.0981. The number of nitrogens with zero attached hydrogens (tertiary/aromatic N) is 5. The molecule has 1 aliphatic rings. The van der Waals surface area contributed by atoms with Crippen molar-refractivity contribution in [1.29, 1.82) is 0 Å². The summed E-state index contributed by atoms with van der Waals surface area (Å²) in [4.78, 5) is 31.0. The first-order valence-electron chi connectivity index (χ1n) is 13.0. The zero-order valence-corrected chi connectivity index (χ0v) is 24.2. The van der Waals surface area contributed by atoms with Gasteiger partial charge in [-0.1, -0.05) is 26.8 Å². The lowest BCUT2D eigenvalue weighted by Crippen LogP contribution is -2.41. The molecule has 4 heterocycles. The molecule has 3 N–H and O–H groups in total. The summed E-state index contributed by atoms with van der Waals surface area (Å²) in [6, 6.07) is 11.5. The van der Waals surface area contributed by atoms with Crippen LogP contribution in [0.4, 0.5) is 17.5 Å². The van der Waals surface area contributed by atoms with Gasteiger partial charge in [0, 0.05) is 38.9 Å². The lowest BCUT2D eigenvalue weighted by atomic mass is 9.97. The number of pyridine rings is 3. The maximum Gasteiger partial charge on any atom is 0.281 e. The molecular formula is C28H39N7O3S. The molecule has 1 saturated heterocycles. The van der Waals surface area contributed by atoms with E-state index in [1.54, 1.807) is 18.3 Å². The zero-order chi connectivity index (χ0) is 28.5. The normalized spacial score (nSPS) is 16.9. The van der Waals surface area contributed by atoms with Gasteiger partial charge in [0.15, 0.2) is 5.03 Å². The first-order chi connectivity index (χ1) is 18.3. The molecule has 1 fully saturated rings. The van der Waals surface area contributed by atoms with E-state index in [4.69, 9.17) is 10.7 Å². The Labute approximate surface area is 232 Å². The minimum Gasteiger partial charge on any atom is -0.384 e. The monoisotopic (exact) mass is 553 g/mol. The molecule has 0 saturated carbocycles. The number of aromatic nitrogens is 3. The molecule has 4 rings (SSSR count). The average Bonchev–Trinajstić information content (AvgIpc) is 3.14. The maximum atomic E-state index is 13.4. The number of nitrogens with one attached hydrogen (secondary N) is 1. The summed E-state index contributed by atoms with van der Waals surface area (Å²) in [5.41, 5.74) is 6.97. The molecular weight excluding hydrogens is 514 g/mol. The van der Waals surface area contributed by atoms with Crippen molar-refractivity contribution in [2.45, 2.75) is 51.6 Å². The quantitative estimate of drug-likeness (QED) is 0.421. The Kier molecular flexibility index (Phi) is 7.83. The summed E-state index contributed by atoms with van der Waals surface area (Å²) in [7, 11) is -2.24. The van der Waals surface area contributed by atoms with E-state index in [-0.39, 0.29) is 23.4 Å². The van der Waals surface area contributed by atoms with Crippen LogP contribution in [0, 0.1) is 11.8 Å². The summed E-state index contributed by atoms with van der Waals surface area (Å²) >= 11 is 0. The molecule has 3 aromatic rings. The van der Waals surface area contributed by atoms with Crippen molar-refractivity contribution in [3.05, 3.63) is 54.2 Å². The molecule has 3 aromatic heterocycles. The van der Waals surface area contributed by atoms with E-state index in [1.165, 1.54) is 18.2 Å². The highest BCUT2D eigenvalue weighted by atomic mass is 32.2. The fourth-order valence-electron chi connectivity index (χ4n) is 5.17. The largest absolute Gasteiger partial charge is 0.384 e. The first kappa shape index (κ1) is 28.3. The van der Waals surface area contributed by atoms with Crippen LogP contribution in [0.15, 0.2) is 53.7 Å². The van der Waals surface area contributed by atoms with Gasteiger partial charge in [0.1, 0.15) is 17.5 Å². The van der Waals surface area contributed by atoms with Crippen LogP contribution in [0.5, 0.6) is 0 Å². The van der Waals surface area contributed by atoms with Gasteiger partial charge in [-0.3, -0.25) is 4.79 Å². The van der Waals surface area contributed by atoms with Crippen LogP contribution in [-0.2, 0) is 10.0 Å². The van der Waals surface area contributed by atoms with Gasteiger partial charge in [0.05, 0.1) is 11.3 Å². The number of amides is 1. The molecule has 0 radical (unpaired) electrons. The molecule has 0 aliphatic carbocycles. The van der Waals surface area contributed by atoms with Crippen molar-refractivity contribution in [1.82, 2.24) is 19.7 Å². The van der Waals surface area contributed by atoms with Gasteiger partial charge in [0.2, 0.25) is 0 Å². The summed E-state index contributed by atoms with van der Waals surface area (Å²) in [5, 5.41) is -0.328. The third-order valence-corrected chi connectivity index (χ3v) is 8.00. The Morgan fingerprint density at radius 2 is 1.95 bits per heavy atom. The standard InChI is InChI=1S/C28H37N7O3S.H2/c1-18(2)16-34(6)24-13-10-20(15-30-24)22-12-11-21(26(31-22)35-17-19(3)14-28(35,4)5)27(36)33-39(37,38)25-9-7-8-23(29)32-25;/h7-13,15,18-19H,14,16-17H2,1-6H3,(H2,29,32)(H,33,36);1H. The van der Waals surface area contributed by atoms with E-state index in [2.05, 4.69) is 59.1 Å². The van der Waals surface area contributed by atoms with Gasteiger partial charge in [-0.2, -0.15) is 8.42 Å². The van der Waals surface area contributed by atoms with Gasteiger partial charge < -0.3 is 15.5 Å². The Balaban J connectivity index is 0.00000441. The van der Waals surface area contributed by atoms with Crippen molar-refractivity contribution in [3.8, 4) is 11.3 Å². The molecule has 10 nitrogen and oxygen atoms in total. The number of nitrogen functional groups attached to an aromatic ring is 1. The smallest absolute Gasteiger partial charge is 0.281 e. The Bertz CT molecular complexity index is 1460. The molecule has 1 unspecified atom stereocenters. The predicted molar refractivity (Wildman–Crippen MR) is 156 cm³/mol. The summed E-state index contributed by atoms with van der Waals surface area (Å²) in [6.07, 6.45) is 2.68. The number of carbonyl (C=O) groups is 1. The Hall–Kier alpha value is -3.73. The number of hydrogen-bond acceptors (Lipinski definition) is 9. The minimum absolute atomic E-state index is 0. The number of anilines is 3. The molecule has 0 aromatic carbocycles. The number of nitrogens with two attached hydrogens (primary N) is 1. The van der Waals surface area contributed by atoms with Crippen molar-refractivity contribution in [2.24, 2.45) is 11.8 Å². The molecule has 11 heteroatoms. The highest BCUT2D eigenvalue weighted by molar-refractivity contribution is 7.90. The molecule has 0 spiro atoms. The van der Waals surface area contributed by atoms with Crippen molar-refractivity contribution >= 4 is 33.4 Å². The van der Waals surface area contributed by atoms with Crippen molar-refractivity contribution in [2.75, 3.05) is 35.7 Å². The van der Waals surface area contributed by atoms with Gasteiger partial charge in [-0.05, 0) is 68.5 Å². The number of carbonyl (C=O) groups excluding carboxylic acids is 1. The molecule has 39 heavy (non-hydrogen) atoms. The van der Waals surface area contributed by atoms with Crippen LogP contribution in [0.3, 0.4) is 0 Å². The first-order valence-corrected chi connectivity index (χ1v) is 14.5. The lowest BCUT2D eigenvalue weighted by Gasteiger charge is -2.34. The molecule has 1 aliphatic heterocycles. The van der Waals surface area contributed by atoms with E-state index >= 15 is 0 Å². The van der Waals surface area contributed by atoms with Crippen LogP contribution in [0.25, 0.3) is 11.3 Å². The maximum absolute atomic E-state index is 13.4. The molecule has 1 atom stereocenters. The fraction of sp³-hybridized carbons (Fsp3) is 0.429. The van der Waals surface area contributed by atoms with Crippen LogP contribution in [0.1, 0.15) is 52.8 Å². The Morgan fingerprint density at radius 3 is 2.54 bits per heavy atom. The summed E-state index contributed by atoms with van der Waals surface area (Å²) in [5.74, 6) is 1.42. The van der Waals surface area contributed by atoms with Crippen molar-refractivity contribution in [3.63, 3.8) is 0 Å². The fourth-order valence-corrected chi connectivity index (χ4v) is 6.11. The van der Waals surface area contributed by atoms with Gasteiger partial charge in [0.25, 0.3) is 15.9 Å². The van der Waals surface area contributed by atoms with E-state index in [1.807, 2.05) is 19.2 Å². The van der Waals surface area contributed by atoms with Crippen LogP contribution in [-0.4, -0.2) is 55.0 Å². The second-order valence-corrected chi connectivity index (χ2v) is 12.9. The van der Waals surface area contributed by atoms with Crippen LogP contribution in [0.2, 0.25) is 0 Å². The van der Waals surface area contributed by atoms with Crippen LogP contribution < -0.4 is 20.3 Å². The molecule has 0 bridgehead atoms. The average molecular weight is 554 g/mol. The minimum atomic E-state index is -4.25. The topological polar surface area (TPSA) is 134 Å². The molecule has 1 amide bonds. The molecule has 210 valence electrons. The number of hydrogen-bond donors (Lipinski definition) is 2. The van der Waals surface area contributed by atoms with E-state index in [9.17, 15) is 13.2 Å². The highest BCUT2D eigenvalue weighted by Crippen LogP contribution is 2.38. The number of rotatable bonds is 8. The third-order valence-electron chi connectivity index (χ3n) is 6.77. The van der Waals surface area contributed by atoms with E-state index in [0.29, 0.717) is 29.9 Å². The summed E-state index contributed by atoms with van der Waals surface area (Å²) in [6.45, 7) is 12.2. The van der Waals surface area contributed by atoms with E-state index < -0.39 is 15.9 Å². The highest BCUT2D eigenvalue weighted by Gasteiger charge is 2.39. The number of sulfonamides is 1. The second-order valence-electron chi connectivity index (χ2n) is 11.3. The summed E-state index contributed by atoms with van der Waals surface area (Å²) < 4.78 is 28.0. The van der Waals surface area contributed by atoms with Gasteiger partial charge in [-0.25, -0.2) is 19.7 Å². The third kappa shape index (κ3) is 6.30. The van der Waals surface area contributed by atoms with E-state index in [0.717, 1.165) is 24.3 Å². The zero-order valence-electron chi connectivity index (χ0n) is 23.3. The van der Waals surface area contributed by atoms with Crippen LogP contribution >= 0.6 is 0 Å². The van der Waals surface area contributed by atoms with Gasteiger partial charge >= 0.3 is 0 Å².